The average Bonchev–Trinajstić information content (AvgIpc) is 3.27. The van der Waals surface area contributed by atoms with Crippen LogP contribution in [0.1, 0.15) is 18.9 Å². The van der Waals surface area contributed by atoms with Crippen molar-refractivity contribution in [1.82, 2.24) is 23.8 Å². The fourth-order valence-corrected chi connectivity index (χ4v) is 4.87. The minimum Gasteiger partial charge on any atom is -0.468 e. The van der Waals surface area contributed by atoms with Crippen molar-refractivity contribution in [3.63, 3.8) is 0 Å². The van der Waals surface area contributed by atoms with Gasteiger partial charge in [0.2, 0.25) is 10.0 Å². The van der Waals surface area contributed by atoms with Gasteiger partial charge in [0.05, 0.1) is 25.2 Å². The normalized spacial score (nSPS) is 17.1. The molecule has 1 saturated heterocycles. The summed E-state index contributed by atoms with van der Waals surface area (Å²) in [5.41, 5.74) is 2.63. The first kappa shape index (κ1) is 17.0. The van der Waals surface area contributed by atoms with Crippen LogP contribution in [0.2, 0.25) is 0 Å². The summed E-state index contributed by atoms with van der Waals surface area (Å²) in [6.07, 6.45) is 6.68. The van der Waals surface area contributed by atoms with Crippen LogP contribution in [-0.4, -0.2) is 64.2 Å². The second-order valence-electron chi connectivity index (χ2n) is 6.35. The van der Waals surface area contributed by atoms with Gasteiger partial charge in [-0.2, -0.15) is 0 Å². The van der Waals surface area contributed by atoms with Crippen LogP contribution in [0.4, 0.5) is 0 Å². The second-order valence-corrected chi connectivity index (χ2v) is 8.32. The Morgan fingerprint density at radius 2 is 2.12 bits per heavy atom. The summed E-state index contributed by atoms with van der Waals surface area (Å²) in [6, 6.07) is 2.11. The number of aromatic nitrogens is 4. The molecule has 1 aliphatic rings. The quantitative estimate of drug-likeness (QED) is 0.681. The fraction of sp³-hybridized carbons (Fsp3) is 0.438. The van der Waals surface area contributed by atoms with Crippen LogP contribution >= 0.6 is 0 Å². The molecule has 10 heteroatoms. The molecule has 9 nitrogen and oxygen atoms in total. The van der Waals surface area contributed by atoms with Gasteiger partial charge < -0.3 is 14.3 Å². The number of pyridine rings is 1. The molecule has 0 aliphatic carbocycles. The monoisotopic (exact) mass is 377 g/mol. The van der Waals surface area contributed by atoms with E-state index in [-0.39, 0.29) is 6.04 Å². The van der Waals surface area contributed by atoms with Crippen molar-refractivity contribution in [2.45, 2.75) is 18.9 Å². The molecule has 0 amide bonds. The number of nitrogens with zero attached hydrogens (tertiary/aromatic N) is 4. The van der Waals surface area contributed by atoms with Crippen LogP contribution in [-0.2, 0) is 19.6 Å². The van der Waals surface area contributed by atoms with Crippen LogP contribution < -0.4 is 0 Å². The van der Waals surface area contributed by atoms with E-state index in [0.717, 1.165) is 22.1 Å². The minimum absolute atomic E-state index is 0.144. The second kappa shape index (κ2) is 6.36. The molecule has 0 bridgehead atoms. The highest BCUT2D eigenvalue weighted by atomic mass is 32.2. The van der Waals surface area contributed by atoms with Crippen molar-refractivity contribution < 1.29 is 17.9 Å². The Morgan fingerprint density at radius 3 is 2.85 bits per heavy atom. The fourth-order valence-electron chi connectivity index (χ4n) is 3.51. The zero-order valence-electron chi connectivity index (χ0n) is 14.3. The van der Waals surface area contributed by atoms with Crippen LogP contribution in [0.3, 0.4) is 0 Å². The predicted octanol–water partition coefficient (Wildman–Crippen LogP) is 1.05. The molecule has 0 aromatic carbocycles. The Bertz CT molecular complexity index is 1060. The number of ether oxygens (including phenoxy) is 1. The lowest BCUT2D eigenvalue weighted by Gasteiger charge is -2.31. The van der Waals surface area contributed by atoms with Gasteiger partial charge in [0.15, 0.2) is 5.75 Å². The molecule has 1 fully saturated rings. The third-order valence-corrected chi connectivity index (χ3v) is 6.61. The molecule has 1 aliphatic heterocycles. The zero-order valence-corrected chi connectivity index (χ0v) is 15.1. The third-order valence-electron chi connectivity index (χ3n) is 4.86. The molecule has 3 aromatic heterocycles. The molecular weight excluding hydrogens is 358 g/mol. The number of H-pyrrole nitrogens is 1. The summed E-state index contributed by atoms with van der Waals surface area (Å²) >= 11 is 0. The van der Waals surface area contributed by atoms with Crippen molar-refractivity contribution in [3.8, 4) is 0 Å². The number of hydrogen-bond acceptors (Lipinski definition) is 6. The third kappa shape index (κ3) is 2.84. The molecule has 138 valence electrons. The molecular formula is C16H19N5O4S. The summed E-state index contributed by atoms with van der Waals surface area (Å²) in [6.45, 7) is 0.732. The number of carbonyl (C=O) groups is 1. The van der Waals surface area contributed by atoms with Gasteiger partial charge in [-0.15, -0.1) is 0 Å². The van der Waals surface area contributed by atoms with Crippen molar-refractivity contribution in [2.24, 2.45) is 0 Å². The molecule has 3 aromatic rings. The Hall–Kier alpha value is -2.46. The van der Waals surface area contributed by atoms with Crippen molar-refractivity contribution in [1.29, 1.82) is 0 Å². The van der Waals surface area contributed by atoms with Gasteiger partial charge in [0, 0.05) is 30.7 Å². The van der Waals surface area contributed by atoms with Crippen molar-refractivity contribution in [3.05, 3.63) is 24.8 Å². The Labute approximate surface area is 150 Å². The maximum Gasteiger partial charge on any atom is 0.322 e. The van der Waals surface area contributed by atoms with Gasteiger partial charge in [-0.25, -0.2) is 22.7 Å². The number of sulfonamides is 1. The summed E-state index contributed by atoms with van der Waals surface area (Å²) in [4.78, 5) is 23.2. The minimum atomic E-state index is -3.64. The van der Waals surface area contributed by atoms with Crippen molar-refractivity contribution >= 4 is 38.1 Å². The number of aromatic amines is 1. The smallest absolute Gasteiger partial charge is 0.322 e. The van der Waals surface area contributed by atoms with Gasteiger partial charge in [0.1, 0.15) is 11.2 Å². The van der Waals surface area contributed by atoms with Gasteiger partial charge in [0.25, 0.3) is 0 Å². The molecule has 26 heavy (non-hydrogen) atoms. The molecule has 0 saturated carbocycles. The number of methoxy groups -OCH3 is 1. The number of hydrogen-bond donors (Lipinski definition) is 1. The van der Waals surface area contributed by atoms with E-state index >= 15 is 0 Å². The standard InChI is InChI=1S/C16H19N5O4S/c1-25-14(22)9-26(23,24)20-6-3-11(4-7-20)21-10-19-13-8-18-16-12(15(13)21)2-5-17-16/h2,5,8,10-11H,3-4,6-7,9H2,1H3,(H,17,18). The van der Waals surface area contributed by atoms with E-state index in [1.54, 1.807) is 12.5 Å². The van der Waals surface area contributed by atoms with E-state index in [1.807, 2.05) is 12.3 Å². The highest BCUT2D eigenvalue weighted by Crippen LogP contribution is 2.30. The number of nitrogens with one attached hydrogen (secondary N) is 1. The molecule has 4 rings (SSSR count). The van der Waals surface area contributed by atoms with Gasteiger partial charge in [-0.05, 0) is 18.9 Å². The summed E-state index contributed by atoms with van der Waals surface area (Å²) < 4.78 is 32.5. The first-order valence-corrected chi connectivity index (χ1v) is 9.94. The topological polar surface area (TPSA) is 110 Å². The number of imidazole rings is 1. The van der Waals surface area contributed by atoms with E-state index in [9.17, 15) is 13.2 Å². The Kier molecular flexibility index (Phi) is 4.16. The van der Waals surface area contributed by atoms with Crippen LogP contribution in [0.15, 0.2) is 24.8 Å². The molecule has 0 spiro atoms. The number of piperidine rings is 1. The van der Waals surface area contributed by atoms with E-state index in [4.69, 9.17) is 0 Å². The van der Waals surface area contributed by atoms with Crippen molar-refractivity contribution in [2.75, 3.05) is 26.0 Å². The van der Waals surface area contributed by atoms with E-state index in [1.165, 1.54) is 11.4 Å². The number of rotatable bonds is 4. The number of carbonyl (C=O) groups excluding carboxylic acids is 1. The number of fused-ring (bicyclic) bond motifs is 3. The largest absolute Gasteiger partial charge is 0.468 e. The molecule has 0 atom stereocenters. The molecule has 0 radical (unpaired) electrons. The van der Waals surface area contributed by atoms with Gasteiger partial charge in [-0.3, -0.25) is 4.79 Å². The SMILES string of the molecule is COC(=O)CS(=O)(=O)N1CCC(n2cnc3cnc4[nH]ccc4c32)CC1. The lowest BCUT2D eigenvalue weighted by molar-refractivity contribution is -0.137. The summed E-state index contributed by atoms with van der Waals surface area (Å²) in [5.74, 6) is -1.35. The Balaban J connectivity index is 1.56. The van der Waals surface area contributed by atoms with Gasteiger partial charge in [-0.1, -0.05) is 0 Å². The van der Waals surface area contributed by atoms with Crippen LogP contribution in [0.5, 0.6) is 0 Å². The number of esters is 1. The van der Waals surface area contributed by atoms with E-state index < -0.39 is 21.7 Å². The molecule has 4 heterocycles. The highest BCUT2D eigenvalue weighted by Gasteiger charge is 2.31. The van der Waals surface area contributed by atoms with E-state index in [0.29, 0.717) is 25.9 Å². The molecule has 1 N–H and O–H groups in total. The van der Waals surface area contributed by atoms with Gasteiger partial charge >= 0.3 is 5.97 Å². The van der Waals surface area contributed by atoms with Crippen LogP contribution in [0.25, 0.3) is 22.1 Å². The summed E-state index contributed by atoms with van der Waals surface area (Å²) in [5, 5.41) is 1.00. The maximum atomic E-state index is 12.3. The highest BCUT2D eigenvalue weighted by molar-refractivity contribution is 7.89. The van der Waals surface area contributed by atoms with Crippen LogP contribution in [0, 0.1) is 0 Å². The lowest BCUT2D eigenvalue weighted by Crippen LogP contribution is -2.41. The first-order chi connectivity index (χ1) is 12.5. The first-order valence-electron chi connectivity index (χ1n) is 8.33. The zero-order chi connectivity index (χ0) is 18.3. The summed E-state index contributed by atoms with van der Waals surface area (Å²) in [7, 11) is -2.45. The maximum absolute atomic E-state index is 12.3. The Morgan fingerprint density at radius 1 is 1.35 bits per heavy atom. The average molecular weight is 377 g/mol. The predicted molar refractivity (Wildman–Crippen MR) is 95.0 cm³/mol. The molecule has 0 unspecified atom stereocenters. The lowest BCUT2D eigenvalue weighted by atomic mass is 10.1. The van der Waals surface area contributed by atoms with E-state index in [2.05, 4.69) is 24.3 Å².